The molecule has 4 nitrogen and oxygen atoms in total. The van der Waals surface area contributed by atoms with Crippen molar-refractivity contribution >= 4 is 5.91 Å². The Labute approximate surface area is 109 Å². The number of ether oxygens (including phenoxy) is 1. The van der Waals surface area contributed by atoms with Crippen LogP contribution in [0.5, 0.6) is 5.75 Å². The van der Waals surface area contributed by atoms with Gasteiger partial charge in [-0.2, -0.15) is 0 Å². The molecule has 0 bridgehead atoms. The highest BCUT2D eigenvalue weighted by Gasteiger charge is 2.18. The second kappa shape index (κ2) is 6.40. The van der Waals surface area contributed by atoms with Crippen molar-refractivity contribution in [3.05, 3.63) is 29.8 Å². The van der Waals surface area contributed by atoms with Crippen LogP contribution in [0.4, 0.5) is 0 Å². The molecular weight excluding hydrogens is 228 g/mol. The van der Waals surface area contributed by atoms with Crippen LogP contribution in [0.25, 0.3) is 0 Å². The zero-order valence-corrected chi connectivity index (χ0v) is 11.5. The maximum Gasteiger partial charge on any atom is 0.222 e. The first-order chi connectivity index (χ1) is 8.46. The average molecular weight is 250 g/mol. The molecule has 0 heterocycles. The van der Waals surface area contributed by atoms with Gasteiger partial charge in [0, 0.05) is 18.5 Å². The highest BCUT2D eigenvalue weighted by Crippen LogP contribution is 2.12. The van der Waals surface area contributed by atoms with Crippen LogP contribution >= 0.6 is 0 Å². The van der Waals surface area contributed by atoms with Crippen molar-refractivity contribution in [1.82, 2.24) is 10.6 Å². The highest BCUT2D eigenvalue weighted by molar-refractivity contribution is 5.77. The lowest BCUT2D eigenvalue weighted by Crippen LogP contribution is -2.41. The Morgan fingerprint density at radius 2 is 2.11 bits per heavy atom. The maximum atomic E-state index is 11.8. The first-order valence-electron chi connectivity index (χ1n) is 6.05. The third-order valence-corrected chi connectivity index (χ3v) is 2.90. The van der Waals surface area contributed by atoms with Gasteiger partial charge in [-0.3, -0.25) is 4.79 Å². The molecule has 4 heteroatoms. The van der Waals surface area contributed by atoms with E-state index >= 15 is 0 Å². The van der Waals surface area contributed by atoms with Gasteiger partial charge >= 0.3 is 0 Å². The van der Waals surface area contributed by atoms with E-state index in [1.807, 2.05) is 45.2 Å². The van der Waals surface area contributed by atoms with E-state index < -0.39 is 0 Å². The monoisotopic (exact) mass is 250 g/mol. The molecule has 0 atom stereocenters. The average Bonchev–Trinajstić information content (AvgIpc) is 2.36. The second-order valence-corrected chi connectivity index (χ2v) is 4.94. The molecule has 0 spiro atoms. The van der Waals surface area contributed by atoms with Crippen molar-refractivity contribution in [3.63, 3.8) is 0 Å². The molecule has 1 aromatic carbocycles. The largest absolute Gasteiger partial charge is 0.497 e. The molecule has 2 N–H and O–H groups in total. The quantitative estimate of drug-likeness (QED) is 0.808. The maximum absolute atomic E-state index is 11.8. The molecule has 0 aliphatic heterocycles. The van der Waals surface area contributed by atoms with Crippen LogP contribution in [-0.4, -0.2) is 25.6 Å². The molecule has 0 saturated carbocycles. The predicted molar refractivity (Wildman–Crippen MR) is 72.6 cm³/mol. The van der Waals surface area contributed by atoms with Gasteiger partial charge in [-0.25, -0.2) is 0 Å². The summed E-state index contributed by atoms with van der Waals surface area (Å²) in [5.41, 5.74) is 0.850. The summed E-state index contributed by atoms with van der Waals surface area (Å²) in [4.78, 5) is 11.8. The lowest BCUT2D eigenvalue weighted by atomic mass is 10.0. The molecule has 0 aliphatic rings. The van der Waals surface area contributed by atoms with Crippen molar-refractivity contribution in [2.45, 2.75) is 32.4 Å². The molecule has 0 aliphatic carbocycles. The molecule has 0 radical (unpaired) electrons. The van der Waals surface area contributed by atoms with E-state index in [1.165, 1.54) is 0 Å². The predicted octanol–water partition coefficient (Wildman–Crippen LogP) is 1.70. The number of hydrogen-bond donors (Lipinski definition) is 2. The minimum absolute atomic E-state index is 0.0390. The van der Waals surface area contributed by atoms with Crippen molar-refractivity contribution in [2.24, 2.45) is 0 Å². The fraction of sp³-hybridized carbons (Fsp3) is 0.500. The summed E-state index contributed by atoms with van der Waals surface area (Å²) >= 11 is 0. The molecule has 0 saturated heterocycles. The topological polar surface area (TPSA) is 50.4 Å². The van der Waals surface area contributed by atoms with E-state index in [-0.39, 0.29) is 11.4 Å². The van der Waals surface area contributed by atoms with Crippen LogP contribution in [0.2, 0.25) is 0 Å². The van der Waals surface area contributed by atoms with Gasteiger partial charge in [0.05, 0.1) is 7.11 Å². The van der Waals surface area contributed by atoms with Crippen LogP contribution < -0.4 is 15.4 Å². The van der Waals surface area contributed by atoms with Crippen molar-refractivity contribution in [3.8, 4) is 5.75 Å². The van der Waals surface area contributed by atoms with Gasteiger partial charge in [0.25, 0.3) is 0 Å². The molecular formula is C14H22N2O2. The highest BCUT2D eigenvalue weighted by atomic mass is 16.5. The number of amides is 1. The lowest BCUT2D eigenvalue weighted by Gasteiger charge is -2.23. The van der Waals surface area contributed by atoms with Gasteiger partial charge < -0.3 is 15.4 Å². The standard InChI is InChI=1S/C14H22N2O2/c1-14(2,15-3)9-13(17)16-10-11-6-5-7-12(8-11)18-4/h5-8,15H,9-10H2,1-4H3,(H,16,17). The van der Waals surface area contributed by atoms with E-state index in [4.69, 9.17) is 4.74 Å². The Kier molecular flexibility index (Phi) is 5.16. The number of hydrogen-bond acceptors (Lipinski definition) is 3. The molecule has 0 aromatic heterocycles. The summed E-state index contributed by atoms with van der Waals surface area (Å²) < 4.78 is 5.14. The minimum atomic E-state index is -0.182. The fourth-order valence-corrected chi connectivity index (χ4v) is 1.54. The number of carbonyl (C=O) groups is 1. The first-order valence-corrected chi connectivity index (χ1v) is 6.05. The van der Waals surface area contributed by atoms with E-state index in [0.29, 0.717) is 13.0 Å². The SMILES string of the molecule is CNC(C)(C)CC(=O)NCc1cccc(OC)c1. The minimum Gasteiger partial charge on any atom is -0.497 e. The van der Waals surface area contributed by atoms with Crippen LogP contribution in [-0.2, 0) is 11.3 Å². The van der Waals surface area contributed by atoms with Gasteiger partial charge in [0.1, 0.15) is 5.75 Å². The lowest BCUT2D eigenvalue weighted by molar-refractivity contribution is -0.122. The van der Waals surface area contributed by atoms with E-state index in [2.05, 4.69) is 10.6 Å². The van der Waals surface area contributed by atoms with E-state index in [0.717, 1.165) is 11.3 Å². The Balaban J connectivity index is 2.47. The Bertz CT molecular complexity index is 403. The van der Waals surface area contributed by atoms with Gasteiger partial charge in [0.15, 0.2) is 0 Å². The van der Waals surface area contributed by atoms with E-state index in [1.54, 1.807) is 7.11 Å². The Morgan fingerprint density at radius 3 is 2.72 bits per heavy atom. The number of carbonyl (C=O) groups excluding carboxylic acids is 1. The zero-order valence-electron chi connectivity index (χ0n) is 11.5. The third kappa shape index (κ3) is 4.75. The molecule has 1 aromatic rings. The van der Waals surface area contributed by atoms with E-state index in [9.17, 15) is 4.79 Å². The van der Waals surface area contributed by atoms with Crippen LogP contribution in [0.3, 0.4) is 0 Å². The van der Waals surface area contributed by atoms with Gasteiger partial charge in [-0.15, -0.1) is 0 Å². The van der Waals surface area contributed by atoms with Gasteiger partial charge in [-0.05, 0) is 38.6 Å². The molecule has 0 fully saturated rings. The summed E-state index contributed by atoms with van der Waals surface area (Å²) in [5.74, 6) is 0.842. The van der Waals surface area contributed by atoms with Gasteiger partial charge in [-0.1, -0.05) is 12.1 Å². The summed E-state index contributed by atoms with van der Waals surface area (Å²) in [6, 6.07) is 7.68. The van der Waals surface area contributed by atoms with Crippen LogP contribution in [0.15, 0.2) is 24.3 Å². The first kappa shape index (κ1) is 14.5. The summed E-state index contributed by atoms with van der Waals surface area (Å²) in [6.45, 7) is 4.52. The van der Waals surface area contributed by atoms with Gasteiger partial charge in [0.2, 0.25) is 5.91 Å². The van der Waals surface area contributed by atoms with Crippen molar-refractivity contribution in [2.75, 3.05) is 14.2 Å². The number of rotatable bonds is 6. The molecule has 1 rings (SSSR count). The number of methoxy groups -OCH3 is 1. The Morgan fingerprint density at radius 1 is 1.39 bits per heavy atom. The summed E-state index contributed by atoms with van der Waals surface area (Å²) in [6.07, 6.45) is 0.452. The third-order valence-electron chi connectivity index (χ3n) is 2.90. The summed E-state index contributed by atoms with van der Waals surface area (Å²) in [5, 5.41) is 6.01. The molecule has 0 unspecified atom stereocenters. The zero-order chi connectivity index (χ0) is 13.6. The van der Waals surface area contributed by atoms with Crippen molar-refractivity contribution < 1.29 is 9.53 Å². The smallest absolute Gasteiger partial charge is 0.222 e. The molecule has 18 heavy (non-hydrogen) atoms. The fourth-order valence-electron chi connectivity index (χ4n) is 1.54. The van der Waals surface area contributed by atoms with Crippen LogP contribution in [0.1, 0.15) is 25.8 Å². The van der Waals surface area contributed by atoms with Crippen LogP contribution in [0, 0.1) is 0 Å². The Hall–Kier alpha value is -1.55. The number of nitrogens with one attached hydrogen (secondary N) is 2. The summed E-state index contributed by atoms with van der Waals surface area (Å²) in [7, 11) is 3.49. The number of benzene rings is 1. The normalized spacial score (nSPS) is 11.1. The molecule has 1 amide bonds. The second-order valence-electron chi connectivity index (χ2n) is 4.94. The van der Waals surface area contributed by atoms with Crippen molar-refractivity contribution in [1.29, 1.82) is 0 Å². The molecule has 100 valence electrons.